The number of likely N-dealkylation sites (tertiary alicyclic amines) is 1. The summed E-state index contributed by atoms with van der Waals surface area (Å²) in [5.74, 6) is 0.103. The lowest BCUT2D eigenvalue weighted by atomic mass is 10.0. The van der Waals surface area contributed by atoms with Crippen molar-refractivity contribution in [3.63, 3.8) is 0 Å². The molecule has 30 heavy (non-hydrogen) atoms. The second-order valence-corrected chi connectivity index (χ2v) is 6.95. The summed E-state index contributed by atoms with van der Waals surface area (Å²) in [5.41, 5.74) is 9.93. The SMILES string of the molecule is N#Cc1cccc(-c2nc(N)c3cc(C(=O)N4CCC4)nn3c2-c2ccncn2)c1. The Kier molecular flexibility index (Phi) is 4.10. The second-order valence-electron chi connectivity index (χ2n) is 6.95. The summed E-state index contributed by atoms with van der Waals surface area (Å²) >= 11 is 0. The third-order valence-corrected chi connectivity index (χ3v) is 5.09. The molecule has 2 N–H and O–H groups in total. The van der Waals surface area contributed by atoms with Crippen LogP contribution in [0, 0.1) is 11.3 Å². The number of hydrogen-bond acceptors (Lipinski definition) is 7. The van der Waals surface area contributed by atoms with Gasteiger partial charge in [0, 0.05) is 30.9 Å². The summed E-state index contributed by atoms with van der Waals surface area (Å²) in [6.45, 7) is 1.46. The van der Waals surface area contributed by atoms with Crippen LogP contribution in [0.1, 0.15) is 22.5 Å². The van der Waals surface area contributed by atoms with Crippen molar-refractivity contribution >= 4 is 17.2 Å². The Balaban J connectivity index is 1.79. The molecule has 0 unspecified atom stereocenters. The quantitative estimate of drug-likeness (QED) is 0.562. The molecule has 4 heterocycles. The van der Waals surface area contributed by atoms with Crippen LogP contribution in [0.5, 0.6) is 0 Å². The van der Waals surface area contributed by atoms with E-state index in [2.05, 4.69) is 26.1 Å². The zero-order valence-corrected chi connectivity index (χ0v) is 15.9. The van der Waals surface area contributed by atoms with E-state index in [1.54, 1.807) is 45.9 Å². The zero-order valence-electron chi connectivity index (χ0n) is 15.9. The van der Waals surface area contributed by atoms with Crippen LogP contribution >= 0.6 is 0 Å². The summed E-state index contributed by atoms with van der Waals surface area (Å²) in [6, 6.07) is 12.6. The minimum atomic E-state index is -0.133. The van der Waals surface area contributed by atoms with Gasteiger partial charge in [0.25, 0.3) is 5.91 Å². The Morgan fingerprint density at radius 3 is 2.77 bits per heavy atom. The maximum atomic E-state index is 12.7. The van der Waals surface area contributed by atoms with E-state index in [0.29, 0.717) is 39.4 Å². The van der Waals surface area contributed by atoms with Gasteiger partial charge in [-0.15, -0.1) is 0 Å². The number of carbonyl (C=O) groups is 1. The first-order valence-corrected chi connectivity index (χ1v) is 9.41. The Morgan fingerprint density at radius 1 is 1.20 bits per heavy atom. The highest BCUT2D eigenvalue weighted by Gasteiger charge is 2.26. The van der Waals surface area contributed by atoms with Crippen LogP contribution in [0.2, 0.25) is 0 Å². The van der Waals surface area contributed by atoms with Crippen molar-refractivity contribution in [3.05, 3.63) is 60.2 Å². The molecule has 1 amide bonds. The normalized spacial score (nSPS) is 13.1. The number of nitriles is 1. The fraction of sp³-hybridized carbons (Fsp3) is 0.143. The standard InChI is InChI=1S/C21H16N8O/c22-11-13-3-1-4-14(9-13)18-19(15-5-6-24-12-25-15)29-17(20(23)26-18)10-16(27-29)21(30)28-7-2-8-28/h1,3-6,9-10,12H,2,7-8H2,(H2,23,26). The molecule has 3 aromatic heterocycles. The number of rotatable bonds is 3. The van der Waals surface area contributed by atoms with Crippen LogP contribution < -0.4 is 5.73 Å². The molecule has 0 bridgehead atoms. The Bertz CT molecular complexity index is 1320. The van der Waals surface area contributed by atoms with Gasteiger partial charge in [0.05, 0.1) is 17.3 Å². The van der Waals surface area contributed by atoms with Gasteiger partial charge in [0.15, 0.2) is 5.69 Å². The number of amides is 1. The van der Waals surface area contributed by atoms with Crippen molar-refractivity contribution in [1.29, 1.82) is 5.26 Å². The van der Waals surface area contributed by atoms with Crippen LogP contribution in [-0.2, 0) is 0 Å². The van der Waals surface area contributed by atoms with E-state index < -0.39 is 0 Å². The fourth-order valence-corrected chi connectivity index (χ4v) is 3.45. The molecule has 1 aliphatic rings. The first-order chi connectivity index (χ1) is 14.7. The van der Waals surface area contributed by atoms with Crippen molar-refractivity contribution < 1.29 is 4.79 Å². The van der Waals surface area contributed by atoms with Crippen LogP contribution in [0.4, 0.5) is 5.82 Å². The monoisotopic (exact) mass is 396 g/mol. The van der Waals surface area contributed by atoms with Crippen molar-refractivity contribution in [2.24, 2.45) is 0 Å². The molecule has 146 valence electrons. The summed E-state index contributed by atoms with van der Waals surface area (Å²) in [4.78, 5) is 27.4. The predicted octanol–water partition coefficient (Wildman–Crippen LogP) is 2.15. The smallest absolute Gasteiger partial charge is 0.274 e. The van der Waals surface area contributed by atoms with E-state index in [1.165, 1.54) is 6.33 Å². The second kappa shape index (κ2) is 6.93. The lowest BCUT2D eigenvalue weighted by Crippen LogP contribution is -2.42. The van der Waals surface area contributed by atoms with E-state index in [4.69, 9.17) is 5.73 Å². The molecule has 0 spiro atoms. The van der Waals surface area contributed by atoms with Gasteiger partial charge in [-0.05, 0) is 24.6 Å². The number of aromatic nitrogens is 5. The summed E-state index contributed by atoms with van der Waals surface area (Å²) in [5, 5.41) is 13.9. The van der Waals surface area contributed by atoms with Crippen LogP contribution in [0.15, 0.2) is 48.9 Å². The number of nitrogen functional groups attached to an aromatic ring is 1. The molecule has 0 radical (unpaired) electrons. The van der Waals surface area contributed by atoms with Gasteiger partial charge in [0.1, 0.15) is 29.0 Å². The highest BCUT2D eigenvalue weighted by Crippen LogP contribution is 2.33. The average Bonchev–Trinajstić information content (AvgIpc) is 3.19. The molecule has 1 aromatic carbocycles. The van der Waals surface area contributed by atoms with Crippen molar-refractivity contribution in [2.45, 2.75) is 6.42 Å². The lowest BCUT2D eigenvalue weighted by molar-refractivity contribution is 0.0645. The summed E-state index contributed by atoms with van der Waals surface area (Å²) in [7, 11) is 0. The topological polar surface area (TPSA) is 126 Å². The molecule has 1 saturated heterocycles. The van der Waals surface area contributed by atoms with Crippen molar-refractivity contribution in [1.82, 2.24) is 29.5 Å². The summed E-state index contributed by atoms with van der Waals surface area (Å²) < 4.78 is 1.60. The van der Waals surface area contributed by atoms with Gasteiger partial charge in [-0.25, -0.2) is 19.5 Å². The largest absolute Gasteiger partial charge is 0.382 e. The van der Waals surface area contributed by atoms with Gasteiger partial charge in [-0.2, -0.15) is 10.4 Å². The zero-order chi connectivity index (χ0) is 20.7. The highest BCUT2D eigenvalue weighted by atomic mass is 16.2. The minimum Gasteiger partial charge on any atom is -0.382 e. The average molecular weight is 396 g/mol. The van der Waals surface area contributed by atoms with Gasteiger partial charge < -0.3 is 10.6 Å². The minimum absolute atomic E-state index is 0.133. The molecule has 1 fully saturated rings. The predicted molar refractivity (Wildman–Crippen MR) is 109 cm³/mol. The van der Waals surface area contributed by atoms with Gasteiger partial charge in [-0.1, -0.05) is 12.1 Å². The van der Waals surface area contributed by atoms with Crippen LogP contribution in [-0.4, -0.2) is 48.5 Å². The van der Waals surface area contributed by atoms with Crippen molar-refractivity contribution in [3.8, 4) is 28.7 Å². The fourth-order valence-electron chi connectivity index (χ4n) is 3.45. The van der Waals surface area contributed by atoms with E-state index in [1.807, 2.05) is 6.07 Å². The van der Waals surface area contributed by atoms with E-state index in [0.717, 1.165) is 19.5 Å². The van der Waals surface area contributed by atoms with Crippen LogP contribution in [0.25, 0.3) is 28.2 Å². The third-order valence-electron chi connectivity index (χ3n) is 5.09. The number of hydrogen-bond donors (Lipinski definition) is 1. The molecule has 0 aliphatic carbocycles. The number of nitrogens with zero attached hydrogens (tertiary/aromatic N) is 7. The van der Waals surface area contributed by atoms with Gasteiger partial charge in [0.2, 0.25) is 0 Å². The number of benzene rings is 1. The first kappa shape index (κ1) is 17.8. The molecule has 5 rings (SSSR count). The molecule has 0 atom stereocenters. The maximum Gasteiger partial charge on any atom is 0.274 e. The molecule has 9 heteroatoms. The summed E-state index contributed by atoms with van der Waals surface area (Å²) in [6.07, 6.45) is 4.05. The number of carbonyl (C=O) groups excluding carboxylic acids is 1. The van der Waals surface area contributed by atoms with Crippen molar-refractivity contribution in [2.75, 3.05) is 18.8 Å². The highest BCUT2D eigenvalue weighted by molar-refractivity contribution is 5.95. The van der Waals surface area contributed by atoms with E-state index in [9.17, 15) is 10.1 Å². The Labute approximate surface area is 171 Å². The third kappa shape index (κ3) is 2.82. The Morgan fingerprint density at radius 2 is 2.07 bits per heavy atom. The maximum absolute atomic E-state index is 12.7. The lowest BCUT2D eigenvalue weighted by Gasteiger charge is -2.29. The number of fused-ring (bicyclic) bond motifs is 1. The molecule has 9 nitrogen and oxygen atoms in total. The van der Waals surface area contributed by atoms with Crippen LogP contribution in [0.3, 0.4) is 0 Å². The van der Waals surface area contributed by atoms with Gasteiger partial charge >= 0.3 is 0 Å². The molecule has 4 aromatic rings. The molecule has 0 saturated carbocycles. The Hall–Kier alpha value is -4.32. The van der Waals surface area contributed by atoms with Gasteiger partial charge in [-0.3, -0.25) is 4.79 Å². The molecular formula is C21H16N8O. The molecular weight excluding hydrogens is 380 g/mol. The number of nitrogens with two attached hydrogens (primary N) is 1. The number of anilines is 1. The van der Waals surface area contributed by atoms with E-state index in [-0.39, 0.29) is 11.7 Å². The first-order valence-electron chi connectivity index (χ1n) is 9.41. The van der Waals surface area contributed by atoms with E-state index >= 15 is 0 Å². The molecule has 1 aliphatic heterocycles.